The van der Waals surface area contributed by atoms with Crippen LogP contribution in [0.4, 0.5) is 0 Å². The highest BCUT2D eigenvalue weighted by Crippen LogP contribution is 2.09. The number of nitrogens with one attached hydrogen (secondary N) is 3. The lowest BCUT2D eigenvalue weighted by atomic mass is 10.1. The van der Waals surface area contributed by atoms with Crippen molar-refractivity contribution >= 4 is 16.0 Å². The molecular weight excluding hydrogens is 360 g/mol. The van der Waals surface area contributed by atoms with Gasteiger partial charge in [-0.3, -0.25) is 0 Å². The van der Waals surface area contributed by atoms with Gasteiger partial charge in [0.15, 0.2) is 5.96 Å². The second-order valence-electron chi connectivity index (χ2n) is 6.87. The van der Waals surface area contributed by atoms with Crippen molar-refractivity contribution in [2.45, 2.75) is 71.2 Å². The Kier molecular flexibility index (Phi) is 11.0. The normalized spacial score (nSPS) is 13.4. The van der Waals surface area contributed by atoms with E-state index in [0.29, 0.717) is 12.6 Å². The predicted molar refractivity (Wildman–Crippen MR) is 114 cm³/mol. The Morgan fingerprint density at radius 2 is 1.74 bits per heavy atom. The van der Waals surface area contributed by atoms with E-state index in [1.807, 2.05) is 24.3 Å². The summed E-state index contributed by atoms with van der Waals surface area (Å²) in [5.41, 5.74) is 1.82. The van der Waals surface area contributed by atoms with Crippen LogP contribution in [0.15, 0.2) is 29.3 Å². The number of sulfonamides is 1. The summed E-state index contributed by atoms with van der Waals surface area (Å²) in [7, 11) is -1.81. The van der Waals surface area contributed by atoms with Crippen molar-refractivity contribution < 1.29 is 8.42 Å². The van der Waals surface area contributed by atoms with Gasteiger partial charge in [0.05, 0.1) is 12.3 Å². The minimum atomic E-state index is -3.24. The average Bonchev–Trinajstić information content (AvgIpc) is 2.64. The van der Waals surface area contributed by atoms with Gasteiger partial charge < -0.3 is 10.6 Å². The Labute approximate surface area is 165 Å². The summed E-state index contributed by atoms with van der Waals surface area (Å²) >= 11 is 0. The first-order chi connectivity index (χ1) is 12.9. The highest BCUT2D eigenvalue weighted by molar-refractivity contribution is 7.88. The molecule has 0 aliphatic rings. The summed E-state index contributed by atoms with van der Waals surface area (Å²) in [4.78, 5) is 4.65. The third-order valence-electron chi connectivity index (χ3n) is 4.33. The van der Waals surface area contributed by atoms with Crippen LogP contribution in [0.25, 0.3) is 0 Å². The van der Waals surface area contributed by atoms with E-state index in [4.69, 9.17) is 0 Å². The van der Waals surface area contributed by atoms with Crippen LogP contribution in [-0.2, 0) is 22.3 Å². The van der Waals surface area contributed by atoms with Gasteiger partial charge in [-0.1, -0.05) is 56.9 Å². The van der Waals surface area contributed by atoms with Crippen LogP contribution in [-0.4, -0.2) is 34.0 Å². The minimum absolute atomic E-state index is 0.00715. The Morgan fingerprint density at radius 1 is 1.07 bits per heavy atom. The molecule has 0 saturated carbocycles. The van der Waals surface area contributed by atoms with Crippen molar-refractivity contribution in [3.63, 3.8) is 0 Å². The van der Waals surface area contributed by atoms with Gasteiger partial charge in [0.2, 0.25) is 10.0 Å². The molecule has 0 amide bonds. The maximum absolute atomic E-state index is 11.6. The molecule has 154 valence electrons. The van der Waals surface area contributed by atoms with Gasteiger partial charge in [-0.25, -0.2) is 18.1 Å². The number of hydrogen-bond acceptors (Lipinski definition) is 3. The maximum atomic E-state index is 11.6. The summed E-state index contributed by atoms with van der Waals surface area (Å²) in [6, 6.07) is 7.94. The fourth-order valence-corrected chi connectivity index (χ4v) is 3.48. The van der Waals surface area contributed by atoms with Crippen LogP contribution in [0.5, 0.6) is 0 Å². The van der Waals surface area contributed by atoms with Crippen LogP contribution in [0, 0.1) is 0 Å². The zero-order valence-corrected chi connectivity index (χ0v) is 18.0. The van der Waals surface area contributed by atoms with E-state index in [-0.39, 0.29) is 5.75 Å². The van der Waals surface area contributed by atoms with Gasteiger partial charge in [0, 0.05) is 12.6 Å². The van der Waals surface area contributed by atoms with E-state index in [2.05, 4.69) is 41.1 Å². The maximum Gasteiger partial charge on any atom is 0.215 e. The largest absolute Gasteiger partial charge is 0.357 e. The average molecular weight is 397 g/mol. The Bertz CT molecular complexity index is 657. The van der Waals surface area contributed by atoms with Crippen molar-refractivity contribution in [2.75, 3.05) is 13.6 Å². The van der Waals surface area contributed by atoms with Crippen LogP contribution >= 0.6 is 0 Å². The fourth-order valence-electron chi connectivity index (χ4n) is 2.71. The standard InChI is InChI=1S/C20H36N4O2S/c1-5-7-8-9-10-17(3)24-20(22-6-2)23-15-18-11-13-19(14-12-18)16-27(25,26)21-4/h11-14,17,21H,5-10,15-16H2,1-4H3,(H2,22,23,24). The minimum Gasteiger partial charge on any atom is -0.357 e. The first-order valence-corrected chi connectivity index (χ1v) is 11.6. The lowest BCUT2D eigenvalue weighted by Crippen LogP contribution is -2.42. The lowest BCUT2D eigenvalue weighted by Gasteiger charge is -2.17. The number of guanidine groups is 1. The molecule has 3 N–H and O–H groups in total. The summed E-state index contributed by atoms with van der Waals surface area (Å²) in [6.07, 6.45) is 6.21. The molecule has 0 bridgehead atoms. The van der Waals surface area contributed by atoms with Crippen LogP contribution in [0.3, 0.4) is 0 Å². The second-order valence-corrected chi connectivity index (χ2v) is 8.80. The summed E-state index contributed by atoms with van der Waals surface area (Å²) in [5, 5.41) is 6.75. The SMILES string of the molecule is CCCCCCC(C)NC(=NCc1ccc(CS(=O)(=O)NC)cc1)NCC. The third-order valence-corrected chi connectivity index (χ3v) is 5.66. The van der Waals surface area contributed by atoms with E-state index >= 15 is 0 Å². The quantitative estimate of drug-likeness (QED) is 0.288. The van der Waals surface area contributed by atoms with E-state index in [1.165, 1.54) is 32.7 Å². The molecule has 0 fully saturated rings. The lowest BCUT2D eigenvalue weighted by molar-refractivity contribution is 0.537. The van der Waals surface area contributed by atoms with Gasteiger partial charge in [-0.05, 0) is 38.4 Å². The number of rotatable bonds is 12. The van der Waals surface area contributed by atoms with E-state index in [1.54, 1.807) is 0 Å². The van der Waals surface area contributed by atoms with E-state index in [0.717, 1.165) is 30.1 Å². The van der Waals surface area contributed by atoms with Gasteiger partial charge >= 0.3 is 0 Å². The van der Waals surface area contributed by atoms with Crippen molar-refractivity contribution in [1.82, 2.24) is 15.4 Å². The second kappa shape index (κ2) is 12.7. The van der Waals surface area contributed by atoms with E-state index < -0.39 is 10.0 Å². The topological polar surface area (TPSA) is 82.6 Å². The summed E-state index contributed by atoms with van der Waals surface area (Å²) < 4.78 is 25.5. The molecular formula is C20H36N4O2S. The fraction of sp³-hybridized carbons (Fsp3) is 0.650. The molecule has 0 spiro atoms. The third kappa shape index (κ3) is 10.3. The molecule has 27 heavy (non-hydrogen) atoms. The number of hydrogen-bond donors (Lipinski definition) is 3. The van der Waals surface area contributed by atoms with E-state index in [9.17, 15) is 8.42 Å². The molecule has 1 rings (SSSR count). The van der Waals surface area contributed by atoms with Gasteiger partial charge in [-0.2, -0.15) is 0 Å². The summed E-state index contributed by atoms with van der Waals surface area (Å²) in [6.45, 7) is 7.84. The van der Waals surface area contributed by atoms with Crippen molar-refractivity contribution in [1.29, 1.82) is 0 Å². The molecule has 0 aromatic heterocycles. The Hall–Kier alpha value is -1.60. The molecule has 0 aliphatic carbocycles. The highest BCUT2D eigenvalue weighted by atomic mass is 32.2. The molecule has 1 aromatic rings. The molecule has 1 aromatic carbocycles. The highest BCUT2D eigenvalue weighted by Gasteiger charge is 2.08. The molecule has 0 heterocycles. The van der Waals surface area contributed by atoms with Gasteiger partial charge in [0.1, 0.15) is 0 Å². The van der Waals surface area contributed by atoms with Crippen molar-refractivity contribution in [3.8, 4) is 0 Å². The number of benzene rings is 1. The zero-order chi connectivity index (χ0) is 20.1. The van der Waals surface area contributed by atoms with Crippen molar-refractivity contribution in [2.24, 2.45) is 4.99 Å². The first kappa shape index (κ1) is 23.4. The van der Waals surface area contributed by atoms with Gasteiger partial charge in [-0.15, -0.1) is 0 Å². The van der Waals surface area contributed by atoms with Gasteiger partial charge in [0.25, 0.3) is 0 Å². The molecule has 0 radical (unpaired) electrons. The van der Waals surface area contributed by atoms with Crippen LogP contribution in [0.2, 0.25) is 0 Å². The molecule has 1 atom stereocenters. The summed E-state index contributed by atoms with van der Waals surface area (Å²) in [5.74, 6) is 0.814. The van der Waals surface area contributed by atoms with Crippen LogP contribution < -0.4 is 15.4 Å². The first-order valence-electron chi connectivity index (χ1n) is 9.94. The zero-order valence-electron chi connectivity index (χ0n) is 17.2. The molecule has 0 aliphatic heterocycles. The monoisotopic (exact) mass is 396 g/mol. The van der Waals surface area contributed by atoms with Crippen LogP contribution in [0.1, 0.15) is 64.0 Å². The molecule has 0 saturated heterocycles. The molecule has 1 unspecified atom stereocenters. The molecule has 7 heteroatoms. The smallest absolute Gasteiger partial charge is 0.215 e. The number of unbranched alkanes of at least 4 members (excludes halogenated alkanes) is 3. The van der Waals surface area contributed by atoms with Crippen molar-refractivity contribution in [3.05, 3.63) is 35.4 Å². The number of nitrogens with zero attached hydrogens (tertiary/aromatic N) is 1. The predicted octanol–water partition coefficient (Wildman–Crippen LogP) is 3.15. The molecule has 6 nitrogen and oxygen atoms in total. The Balaban J connectivity index is 2.58. The Morgan fingerprint density at radius 3 is 2.33 bits per heavy atom. The number of aliphatic imine (C=N–C) groups is 1.